The standard InChI is InChI=1S/C12H22N2O2/c1-8(12(16)13-10-3-4-10)14(2)7-9-5-11(15)6-9/h8-11,15H,3-7H2,1-2H3,(H,13,16). The second-order valence-corrected chi connectivity index (χ2v) is 5.39. The van der Waals surface area contributed by atoms with Gasteiger partial charge in [-0.25, -0.2) is 0 Å². The van der Waals surface area contributed by atoms with Gasteiger partial charge in [-0.05, 0) is 45.6 Å². The Labute approximate surface area is 97.0 Å². The number of carbonyl (C=O) groups is 1. The van der Waals surface area contributed by atoms with Crippen LogP contribution in [0.3, 0.4) is 0 Å². The molecular weight excluding hydrogens is 204 g/mol. The summed E-state index contributed by atoms with van der Waals surface area (Å²) in [6, 6.07) is 0.382. The number of nitrogens with zero attached hydrogens (tertiary/aromatic N) is 1. The Morgan fingerprint density at radius 1 is 1.50 bits per heavy atom. The molecule has 0 bridgehead atoms. The van der Waals surface area contributed by atoms with E-state index < -0.39 is 0 Å². The predicted molar refractivity (Wildman–Crippen MR) is 62.0 cm³/mol. The molecule has 0 aromatic heterocycles. The summed E-state index contributed by atoms with van der Waals surface area (Å²) < 4.78 is 0. The van der Waals surface area contributed by atoms with Crippen molar-refractivity contribution >= 4 is 5.91 Å². The largest absolute Gasteiger partial charge is 0.393 e. The smallest absolute Gasteiger partial charge is 0.237 e. The van der Waals surface area contributed by atoms with Gasteiger partial charge in [0.25, 0.3) is 0 Å². The number of aliphatic hydroxyl groups excluding tert-OH is 1. The van der Waals surface area contributed by atoms with Gasteiger partial charge in [0.1, 0.15) is 0 Å². The monoisotopic (exact) mass is 226 g/mol. The number of rotatable bonds is 5. The van der Waals surface area contributed by atoms with Gasteiger partial charge in [0.05, 0.1) is 12.1 Å². The molecule has 0 aliphatic heterocycles. The first-order valence-corrected chi connectivity index (χ1v) is 6.25. The zero-order chi connectivity index (χ0) is 11.7. The van der Waals surface area contributed by atoms with Crippen LogP contribution in [0.5, 0.6) is 0 Å². The van der Waals surface area contributed by atoms with Crippen LogP contribution in [0.2, 0.25) is 0 Å². The molecule has 2 saturated carbocycles. The van der Waals surface area contributed by atoms with Crippen molar-refractivity contribution in [3.05, 3.63) is 0 Å². The lowest BCUT2D eigenvalue weighted by molar-refractivity contribution is -0.126. The first-order valence-electron chi connectivity index (χ1n) is 6.25. The van der Waals surface area contributed by atoms with Crippen LogP contribution >= 0.6 is 0 Å². The zero-order valence-corrected chi connectivity index (χ0v) is 10.1. The fourth-order valence-corrected chi connectivity index (χ4v) is 2.16. The van der Waals surface area contributed by atoms with E-state index in [4.69, 9.17) is 0 Å². The molecule has 0 spiro atoms. The van der Waals surface area contributed by atoms with E-state index in [0.717, 1.165) is 32.2 Å². The Morgan fingerprint density at radius 3 is 2.62 bits per heavy atom. The number of nitrogens with one attached hydrogen (secondary N) is 1. The first kappa shape index (κ1) is 11.9. The van der Waals surface area contributed by atoms with Crippen LogP contribution in [0.15, 0.2) is 0 Å². The first-order chi connectivity index (χ1) is 7.56. The molecule has 1 atom stereocenters. The Balaban J connectivity index is 1.70. The van der Waals surface area contributed by atoms with Gasteiger partial charge in [-0.2, -0.15) is 0 Å². The maximum absolute atomic E-state index is 11.8. The molecule has 0 aromatic carbocycles. The number of amides is 1. The fourth-order valence-electron chi connectivity index (χ4n) is 2.16. The predicted octanol–water partition coefficient (Wildman–Crippen LogP) is 0.356. The van der Waals surface area contributed by atoms with Crippen molar-refractivity contribution in [3.63, 3.8) is 0 Å². The third-order valence-corrected chi connectivity index (χ3v) is 3.72. The minimum absolute atomic E-state index is 0.0571. The van der Waals surface area contributed by atoms with Gasteiger partial charge in [0, 0.05) is 12.6 Å². The van der Waals surface area contributed by atoms with E-state index in [-0.39, 0.29) is 18.1 Å². The van der Waals surface area contributed by atoms with Gasteiger partial charge >= 0.3 is 0 Å². The minimum Gasteiger partial charge on any atom is -0.393 e. The quantitative estimate of drug-likeness (QED) is 0.711. The summed E-state index contributed by atoms with van der Waals surface area (Å²) in [4.78, 5) is 13.9. The summed E-state index contributed by atoms with van der Waals surface area (Å²) in [5.41, 5.74) is 0. The van der Waals surface area contributed by atoms with Crippen molar-refractivity contribution in [1.29, 1.82) is 0 Å². The molecule has 0 radical (unpaired) electrons. The van der Waals surface area contributed by atoms with Gasteiger partial charge in [0.2, 0.25) is 5.91 Å². The Morgan fingerprint density at radius 2 is 2.12 bits per heavy atom. The molecule has 1 amide bonds. The lowest BCUT2D eigenvalue weighted by Gasteiger charge is -2.36. The summed E-state index contributed by atoms with van der Waals surface area (Å²) >= 11 is 0. The molecule has 2 aliphatic rings. The van der Waals surface area contributed by atoms with Crippen LogP contribution in [0.4, 0.5) is 0 Å². The second-order valence-electron chi connectivity index (χ2n) is 5.39. The molecule has 0 heterocycles. The zero-order valence-electron chi connectivity index (χ0n) is 10.1. The number of carbonyl (C=O) groups excluding carboxylic acids is 1. The number of hydrogen-bond acceptors (Lipinski definition) is 3. The minimum atomic E-state index is -0.103. The number of aliphatic hydroxyl groups is 1. The van der Waals surface area contributed by atoms with E-state index in [1.807, 2.05) is 14.0 Å². The van der Waals surface area contributed by atoms with Gasteiger partial charge in [-0.15, -0.1) is 0 Å². The number of likely N-dealkylation sites (N-methyl/N-ethyl adjacent to an activating group) is 1. The molecule has 4 heteroatoms. The molecule has 0 aromatic rings. The van der Waals surface area contributed by atoms with Crippen LogP contribution in [0.1, 0.15) is 32.6 Å². The summed E-state index contributed by atoms with van der Waals surface area (Å²) in [6.45, 7) is 2.86. The van der Waals surface area contributed by atoms with Crippen molar-refractivity contribution in [2.24, 2.45) is 5.92 Å². The average Bonchev–Trinajstić information content (AvgIpc) is 2.97. The molecule has 2 N–H and O–H groups in total. The third-order valence-electron chi connectivity index (χ3n) is 3.72. The van der Waals surface area contributed by atoms with Crippen LogP contribution in [0.25, 0.3) is 0 Å². The van der Waals surface area contributed by atoms with Crippen molar-refractivity contribution in [2.45, 2.75) is 50.8 Å². The summed E-state index contributed by atoms with van der Waals surface area (Å²) in [5.74, 6) is 0.709. The van der Waals surface area contributed by atoms with E-state index in [2.05, 4.69) is 10.2 Å². The summed E-state index contributed by atoms with van der Waals surface area (Å²) in [6.07, 6.45) is 3.95. The highest BCUT2D eigenvalue weighted by atomic mass is 16.3. The average molecular weight is 226 g/mol. The maximum atomic E-state index is 11.8. The van der Waals surface area contributed by atoms with E-state index in [9.17, 15) is 9.90 Å². The van der Waals surface area contributed by atoms with Gasteiger partial charge in [0.15, 0.2) is 0 Å². The Hall–Kier alpha value is -0.610. The topological polar surface area (TPSA) is 52.6 Å². The van der Waals surface area contributed by atoms with Gasteiger partial charge in [-0.3, -0.25) is 9.69 Å². The highest BCUT2D eigenvalue weighted by molar-refractivity contribution is 5.81. The van der Waals surface area contributed by atoms with Gasteiger partial charge in [-0.1, -0.05) is 0 Å². The summed E-state index contributed by atoms with van der Waals surface area (Å²) in [5, 5.41) is 12.2. The van der Waals surface area contributed by atoms with Crippen molar-refractivity contribution in [3.8, 4) is 0 Å². The molecule has 2 aliphatic carbocycles. The molecule has 0 saturated heterocycles. The fraction of sp³-hybridized carbons (Fsp3) is 0.917. The highest BCUT2D eigenvalue weighted by Crippen LogP contribution is 2.28. The lowest BCUT2D eigenvalue weighted by atomic mass is 9.82. The molecule has 16 heavy (non-hydrogen) atoms. The molecule has 1 unspecified atom stereocenters. The Bertz CT molecular complexity index is 260. The molecular formula is C12H22N2O2. The van der Waals surface area contributed by atoms with Crippen molar-refractivity contribution in [1.82, 2.24) is 10.2 Å². The molecule has 4 nitrogen and oxygen atoms in total. The molecule has 2 fully saturated rings. The van der Waals surface area contributed by atoms with Crippen LogP contribution in [0, 0.1) is 5.92 Å². The highest BCUT2D eigenvalue weighted by Gasteiger charge is 2.31. The molecule has 2 rings (SSSR count). The van der Waals surface area contributed by atoms with E-state index in [1.165, 1.54) is 0 Å². The van der Waals surface area contributed by atoms with Gasteiger partial charge < -0.3 is 10.4 Å². The second kappa shape index (κ2) is 4.72. The van der Waals surface area contributed by atoms with E-state index in [0.29, 0.717) is 12.0 Å². The molecule has 92 valence electrons. The lowest BCUT2D eigenvalue weighted by Crippen LogP contribution is -2.47. The van der Waals surface area contributed by atoms with Crippen LogP contribution in [-0.2, 0) is 4.79 Å². The van der Waals surface area contributed by atoms with Crippen molar-refractivity contribution in [2.75, 3.05) is 13.6 Å². The summed E-state index contributed by atoms with van der Waals surface area (Å²) in [7, 11) is 1.99. The van der Waals surface area contributed by atoms with Crippen LogP contribution in [-0.4, -0.2) is 47.7 Å². The van der Waals surface area contributed by atoms with Crippen LogP contribution < -0.4 is 5.32 Å². The van der Waals surface area contributed by atoms with E-state index in [1.54, 1.807) is 0 Å². The Kier molecular flexibility index (Phi) is 3.50. The normalized spacial score (nSPS) is 31.0. The van der Waals surface area contributed by atoms with E-state index >= 15 is 0 Å². The van der Waals surface area contributed by atoms with Crippen molar-refractivity contribution < 1.29 is 9.90 Å². The third kappa shape index (κ3) is 2.95. The SMILES string of the molecule is CC(C(=O)NC1CC1)N(C)CC1CC(O)C1. The maximum Gasteiger partial charge on any atom is 0.237 e. The number of hydrogen-bond donors (Lipinski definition) is 2.